The Balaban J connectivity index is 1.22. The van der Waals surface area contributed by atoms with Gasteiger partial charge in [0.1, 0.15) is 5.02 Å². The highest BCUT2D eigenvalue weighted by Gasteiger charge is 2.30. The van der Waals surface area contributed by atoms with Crippen LogP contribution in [0.4, 0.5) is 0 Å². The van der Waals surface area contributed by atoms with Gasteiger partial charge in [-0.1, -0.05) is 11.6 Å². The zero-order valence-corrected chi connectivity index (χ0v) is 14.3. The third kappa shape index (κ3) is 3.87. The molecule has 2 aromatic heterocycles. The fourth-order valence-corrected chi connectivity index (χ4v) is 3.18. The predicted octanol–water partition coefficient (Wildman–Crippen LogP) is 3.29. The molecule has 0 N–H and O–H groups in total. The summed E-state index contributed by atoms with van der Waals surface area (Å²) in [7, 11) is 0. The van der Waals surface area contributed by atoms with Crippen LogP contribution in [-0.4, -0.2) is 39.8 Å². The molecule has 0 spiro atoms. The number of hydrogen-bond acceptors (Lipinski definition) is 6. The van der Waals surface area contributed by atoms with E-state index in [0.29, 0.717) is 29.3 Å². The van der Waals surface area contributed by atoms with Crippen molar-refractivity contribution in [3.05, 3.63) is 35.1 Å². The zero-order valence-electron chi connectivity index (χ0n) is 13.5. The molecule has 7 heteroatoms. The van der Waals surface area contributed by atoms with E-state index in [2.05, 4.69) is 20.1 Å². The molecule has 2 fully saturated rings. The van der Waals surface area contributed by atoms with E-state index in [1.165, 1.54) is 12.8 Å². The second kappa shape index (κ2) is 7.07. The third-order valence-electron chi connectivity index (χ3n) is 4.66. The molecule has 0 bridgehead atoms. The fourth-order valence-electron chi connectivity index (χ4n) is 3.00. The summed E-state index contributed by atoms with van der Waals surface area (Å²) >= 11 is 6.06. The Morgan fingerprint density at radius 2 is 2.04 bits per heavy atom. The van der Waals surface area contributed by atoms with Crippen LogP contribution in [0.2, 0.25) is 5.02 Å². The van der Waals surface area contributed by atoms with Gasteiger partial charge in [-0.2, -0.15) is 0 Å². The average molecular weight is 349 g/mol. The lowest BCUT2D eigenvalue weighted by Crippen LogP contribution is -2.35. The maximum Gasteiger partial charge on any atom is 0.232 e. The van der Waals surface area contributed by atoms with Gasteiger partial charge >= 0.3 is 0 Å². The lowest BCUT2D eigenvalue weighted by molar-refractivity contribution is 0.127. The van der Waals surface area contributed by atoms with E-state index >= 15 is 0 Å². The van der Waals surface area contributed by atoms with Crippen LogP contribution in [0, 0.1) is 5.92 Å². The van der Waals surface area contributed by atoms with Crippen LogP contribution >= 0.6 is 11.6 Å². The molecule has 6 nitrogen and oxygen atoms in total. The van der Waals surface area contributed by atoms with Crippen molar-refractivity contribution in [2.24, 2.45) is 5.92 Å². The SMILES string of the molecule is Clc1cccnc1OCC1CCN(Cc2nnc(C3CC3)o2)CC1. The highest BCUT2D eigenvalue weighted by atomic mass is 35.5. The fraction of sp³-hybridized carbons (Fsp3) is 0.588. The standard InChI is InChI=1S/C17H21ClN4O2/c18-14-2-1-7-19-17(14)23-11-12-5-8-22(9-6-12)10-15-20-21-16(24-15)13-3-4-13/h1-2,7,12-13H,3-6,8-11H2. The average Bonchev–Trinajstić information content (AvgIpc) is 3.35. The van der Waals surface area contributed by atoms with Crippen molar-refractivity contribution in [1.29, 1.82) is 0 Å². The van der Waals surface area contributed by atoms with E-state index < -0.39 is 0 Å². The van der Waals surface area contributed by atoms with Gasteiger partial charge in [-0.3, -0.25) is 4.90 Å². The summed E-state index contributed by atoms with van der Waals surface area (Å²) < 4.78 is 11.5. The van der Waals surface area contributed by atoms with Crippen LogP contribution < -0.4 is 4.74 Å². The summed E-state index contributed by atoms with van der Waals surface area (Å²) in [5, 5.41) is 8.88. The van der Waals surface area contributed by atoms with Gasteiger partial charge < -0.3 is 9.15 Å². The van der Waals surface area contributed by atoms with Crippen molar-refractivity contribution in [2.75, 3.05) is 19.7 Å². The Labute approximate surface area is 146 Å². The van der Waals surface area contributed by atoms with Gasteiger partial charge in [0.2, 0.25) is 17.7 Å². The summed E-state index contributed by atoms with van der Waals surface area (Å²) in [6.45, 7) is 3.45. The molecule has 2 aromatic rings. The molecule has 1 saturated heterocycles. The Kier molecular flexibility index (Phi) is 4.67. The maximum absolute atomic E-state index is 6.06. The van der Waals surface area contributed by atoms with Gasteiger partial charge in [-0.25, -0.2) is 4.98 Å². The van der Waals surface area contributed by atoms with Gasteiger partial charge in [0.05, 0.1) is 13.2 Å². The number of rotatable bonds is 6. The minimum Gasteiger partial charge on any atom is -0.476 e. The molecular formula is C17H21ClN4O2. The van der Waals surface area contributed by atoms with Crippen LogP contribution in [0.15, 0.2) is 22.7 Å². The predicted molar refractivity (Wildman–Crippen MR) is 89.0 cm³/mol. The van der Waals surface area contributed by atoms with Gasteiger partial charge in [-0.05, 0) is 56.8 Å². The highest BCUT2D eigenvalue weighted by molar-refractivity contribution is 6.31. The van der Waals surface area contributed by atoms with E-state index in [9.17, 15) is 0 Å². The van der Waals surface area contributed by atoms with Gasteiger partial charge in [0.25, 0.3) is 0 Å². The van der Waals surface area contributed by atoms with Crippen molar-refractivity contribution >= 4 is 11.6 Å². The van der Waals surface area contributed by atoms with Crippen LogP contribution in [-0.2, 0) is 6.54 Å². The number of aromatic nitrogens is 3. The first kappa shape index (κ1) is 15.8. The summed E-state index contributed by atoms with van der Waals surface area (Å²) in [4.78, 5) is 6.53. The molecule has 1 aliphatic heterocycles. The molecule has 128 valence electrons. The quantitative estimate of drug-likeness (QED) is 0.798. The van der Waals surface area contributed by atoms with Crippen LogP contribution in [0.3, 0.4) is 0 Å². The second-order valence-electron chi connectivity index (χ2n) is 6.63. The third-order valence-corrected chi connectivity index (χ3v) is 4.94. The summed E-state index contributed by atoms with van der Waals surface area (Å²) in [6, 6.07) is 3.60. The first-order chi connectivity index (χ1) is 11.8. The molecule has 0 unspecified atom stereocenters. The molecule has 0 atom stereocenters. The molecule has 1 aliphatic carbocycles. The first-order valence-corrected chi connectivity index (χ1v) is 8.93. The Bertz CT molecular complexity index is 681. The zero-order chi connectivity index (χ0) is 16.4. The molecular weight excluding hydrogens is 328 g/mol. The number of likely N-dealkylation sites (tertiary alicyclic amines) is 1. The van der Waals surface area contributed by atoms with E-state index in [4.69, 9.17) is 20.8 Å². The molecule has 0 radical (unpaired) electrons. The highest BCUT2D eigenvalue weighted by Crippen LogP contribution is 2.39. The summed E-state index contributed by atoms with van der Waals surface area (Å²) in [6.07, 6.45) is 6.26. The van der Waals surface area contributed by atoms with Crippen molar-refractivity contribution < 1.29 is 9.15 Å². The molecule has 3 heterocycles. The molecule has 2 aliphatic rings. The number of ether oxygens (including phenoxy) is 1. The normalized spacial score (nSPS) is 19.5. The summed E-state index contributed by atoms with van der Waals surface area (Å²) in [5.41, 5.74) is 0. The Hall–Kier alpha value is -1.66. The maximum atomic E-state index is 6.06. The van der Waals surface area contributed by atoms with Crippen LogP contribution in [0.5, 0.6) is 5.88 Å². The number of halogens is 1. The topological polar surface area (TPSA) is 64.3 Å². The monoisotopic (exact) mass is 348 g/mol. The van der Waals surface area contributed by atoms with Crippen LogP contribution in [0.1, 0.15) is 43.4 Å². The minimum atomic E-state index is 0.521. The smallest absolute Gasteiger partial charge is 0.232 e. The second-order valence-corrected chi connectivity index (χ2v) is 7.04. The lowest BCUT2D eigenvalue weighted by atomic mass is 9.98. The van der Waals surface area contributed by atoms with Gasteiger partial charge in [0.15, 0.2) is 0 Å². The van der Waals surface area contributed by atoms with E-state index in [0.717, 1.165) is 44.3 Å². The van der Waals surface area contributed by atoms with E-state index in [1.807, 2.05) is 0 Å². The molecule has 1 saturated carbocycles. The molecule has 4 rings (SSSR count). The lowest BCUT2D eigenvalue weighted by Gasteiger charge is -2.30. The number of pyridine rings is 1. The van der Waals surface area contributed by atoms with Gasteiger partial charge in [-0.15, -0.1) is 10.2 Å². The van der Waals surface area contributed by atoms with Crippen molar-refractivity contribution in [2.45, 2.75) is 38.1 Å². The number of nitrogens with zero attached hydrogens (tertiary/aromatic N) is 4. The van der Waals surface area contributed by atoms with Crippen molar-refractivity contribution in [3.63, 3.8) is 0 Å². The molecule has 0 aromatic carbocycles. The van der Waals surface area contributed by atoms with E-state index in [-0.39, 0.29) is 0 Å². The largest absolute Gasteiger partial charge is 0.476 e. The first-order valence-electron chi connectivity index (χ1n) is 8.56. The van der Waals surface area contributed by atoms with Gasteiger partial charge in [0, 0.05) is 12.1 Å². The summed E-state index contributed by atoms with van der Waals surface area (Å²) in [5.74, 6) is 3.14. The molecule has 0 amide bonds. The van der Waals surface area contributed by atoms with Crippen LogP contribution in [0.25, 0.3) is 0 Å². The Morgan fingerprint density at radius 1 is 1.21 bits per heavy atom. The van der Waals surface area contributed by atoms with Crippen molar-refractivity contribution in [3.8, 4) is 5.88 Å². The molecule has 24 heavy (non-hydrogen) atoms. The minimum absolute atomic E-state index is 0.521. The van der Waals surface area contributed by atoms with Crippen molar-refractivity contribution in [1.82, 2.24) is 20.1 Å². The Morgan fingerprint density at radius 3 is 2.79 bits per heavy atom. The number of hydrogen-bond donors (Lipinski definition) is 0. The van der Waals surface area contributed by atoms with E-state index in [1.54, 1.807) is 18.3 Å². The number of piperidine rings is 1.